The summed E-state index contributed by atoms with van der Waals surface area (Å²) in [6.45, 7) is 11.1. The lowest BCUT2D eigenvalue weighted by atomic mass is 10.2. The maximum Gasteiger partial charge on any atom is 0.436 e. The molecular formula is C19H29N3O5. The zero-order valence-electron chi connectivity index (χ0n) is 16.8. The molecule has 0 aliphatic rings. The SMILES string of the molecule is CC(C)(C)OC(=O)N=C(N)c1cccc(OCCNC(=O)OC(C)(C)C)c1. The van der Waals surface area contributed by atoms with E-state index in [4.69, 9.17) is 19.9 Å². The molecule has 8 heteroatoms. The van der Waals surface area contributed by atoms with Crippen molar-refractivity contribution in [2.75, 3.05) is 13.2 Å². The number of carbonyl (C=O) groups is 2. The number of hydrogen-bond acceptors (Lipinski definition) is 5. The Labute approximate surface area is 160 Å². The fraction of sp³-hybridized carbons (Fsp3) is 0.526. The number of amidine groups is 1. The van der Waals surface area contributed by atoms with Crippen molar-refractivity contribution in [2.24, 2.45) is 10.7 Å². The van der Waals surface area contributed by atoms with Crippen LogP contribution >= 0.6 is 0 Å². The van der Waals surface area contributed by atoms with E-state index in [9.17, 15) is 9.59 Å². The van der Waals surface area contributed by atoms with Crippen LogP contribution in [0, 0.1) is 0 Å². The summed E-state index contributed by atoms with van der Waals surface area (Å²) in [5.74, 6) is 0.558. The van der Waals surface area contributed by atoms with Gasteiger partial charge in [-0.1, -0.05) is 12.1 Å². The fourth-order valence-electron chi connectivity index (χ4n) is 1.83. The van der Waals surface area contributed by atoms with E-state index in [0.29, 0.717) is 11.3 Å². The number of aliphatic imine (C=N–C) groups is 1. The van der Waals surface area contributed by atoms with Gasteiger partial charge < -0.3 is 25.3 Å². The molecular weight excluding hydrogens is 350 g/mol. The zero-order valence-corrected chi connectivity index (χ0v) is 16.8. The quantitative estimate of drug-likeness (QED) is 0.461. The van der Waals surface area contributed by atoms with Crippen LogP contribution in [-0.2, 0) is 9.47 Å². The van der Waals surface area contributed by atoms with Gasteiger partial charge in [-0.05, 0) is 53.7 Å². The van der Waals surface area contributed by atoms with Gasteiger partial charge in [-0.15, -0.1) is 0 Å². The highest BCUT2D eigenvalue weighted by atomic mass is 16.6. The van der Waals surface area contributed by atoms with Gasteiger partial charge in [-0.25, -0.2) is 9.59 Å². The number of ether oxygens (including phenoxy) is 3. The van der Waals surface area contributed by atoms with Gasteiger partial charge in [-0.2, -0.15) is 4.99 Å². The molecule has 0 fully saturated rings. The highest BCUT2D eigenvalue weighted by Gasteiger charge is 2.17. The lowest BCUT2D eigenvalue weighted by Crippen LogP contribution is -2.34. The summed E-state index contributed by atoms with van der Waals surface area (Å²) in [5.41, 5.74) is 5.19. The molecule has 0 bridgehead atoms. The van der Waals surface area contributed by atoms with Crippen LogP contribution in [-0.4, -0.2) is 42.4 Å². The summed E-state index contributed by atoms with van der Waals surface area (Å²) in [4.78, 5) is 27.0. The van der Waals surface area contributed by atoms with E-state index in [1.165, 1.54) is 0 Å². The first kappa shape index (κ1) is 22.3. The second-order valence-electron chi connectivity index (χ2n) is 7.78. The van der Waals surface area contributed by atoms with Crippen LogP contribution in [0.1, 0.15) is 47.1 Å². The molecule has 0 spiro atoms. The number of hydrogen-bond donors (Lipinski definition) is 2. The van der Waals surface area contributed by atoms with Crippen LogP contribution in [0.2, 0.25) is 0 Å². The minimum absolute atomic E-state index is 0.0292. The van der Waals surface area contributed by atoms with Crippen LogP contribution in [0.15, 0.2) is 29.3 Å². The van der Waals surface area contributed by atoms with E-state index >= 15 is 0 Å². The van der Waals surface area contributed by atoms with Gasteiger partial charge in [0.2, 0.25) is 0 Å². The molecule has 0 aliphatic heterocycles. The Bertz CT molecular complexity index is 687. The number of amides is 2. The van der Waals surface area contributed by atoms with E-state index in [0.717, 1.165) is 0 Å². The molecule has 150 valence electrons. The van der Waals surface area contributed by atoms with Crippen molar-refractivity contribution in [1.82, 2.24) is 5.32 Å². The number of carbonyl (C=O) groups excluding carboxylic acids is 2. The van der Waals surface area contributed by atoms with Crippen molar-refractivity contribution in [2.45, 2.75) is 52.7 Å². The summed E-state index contributed by atoms with van der Waals surface area (Å²) < 4.78 is 15.8. The van der Waals surface area contributed by atoms with Gasteiger partial charge in [0.25, 0.3) is 0 Å². The third kappa shape index (κ3) is 10.1. The van der Waals surface area contributed by atoms with Gasteiger partial charge >= 0.3 is 12.2 Å². The highest BCUT2D eigenvalue weighted by Crippen LogP contribution is 2.14. The average molecular weight is 379 g/mol. The standard InChI is InChI=1S/C19H29N3O5/c1-18(2,3)26-16(23)21-10-11-25-14-9-7-8-13(12-14)15(20)22-17(24)27-19(4,5)6/h7-9,12H,10-11H2,1-6H3,(H,21,23)(H2,20,22,24). The number of benzene rings is 1. The normalized spacial score (nSPS) is 12.3. The van der Waals surface area contributed by atoms with Crippen molar-refractivity contribution in [3.05, 3.63) is 29.8 Å². The number of nitrogens with two attached hydrogens (primary N) is 1. The van der Waals surface area contributed by atoms with Crippen molar-refractivity contribution < 1.29 is 23.8 Å². The van der Waals surface area contributed by atoms with Crippen molar-refractivity contribution >= 4 is 18.0 Å². The first-order valence-corrected chi connectivity index (χ1v) is 8.63. The summed E-state index contributed by atoms with van der Waals surface area (Å²) in [5, 5.41) is 2.60. The first-order chi connectivity index (χ1) is 12.4. The molecule has 0 saturated heterocycles. The van der Waals surface area contributed by atoms with Crippen LogP contribution in [0.4, 0.5) is 9.59 Å². The molecule has 0 aromatic heterocycles. The van der Waals surface area contributed by atoms with Gasteiger partial charge in [0.15, 0.2) is 0 Å². The van der Waals surface area contributed by atoms with E-state index < -0.39 is 23.4 Å². The Hall–Kier alpha value is -2.77. The van der Waals surface area contributed by atoms with Crippen LogP contribution in [0.25, 0.3) is 0 Å². The molecule has 2 amide bonds. The molecule has 0 atom stereocenters. The predicted octanol–water partition coefficient (Wildman–Crippen LogP) is 3.23. The zero-order chi connectivity index (χ0) is 20.7. The molecule has 3 N–H and O–H groups in total. The van der Waals surface area contributed by atoms with E-state index in [1.54, 1.807) is 65.8 Å². The monoisotopic (exact) mass is 379 g/mol. The molecule has 1 aromatic carbocycles. The van der Waals surface area contributed by atoms with Gasteiger partial charge in [0.1, 0.15) is 29.4 Å². The molecule has 0 saturated carbocycles. The van der Waals surface area contributed by atoms with Gasteiger partial charge in [0, 0.05) is 5.56 Å². The minimum atomic E-state index is -0.757. The van der Waals surface area contributed by atoms with E-state index in [2.05, 4.69) is 10.3 Å². The van der Waals surface area contributed by atoms with Crippen molar-refractivity contribution in [3.8, 4) is 5.75 Å². The van der Waals surface area contributed by atoms with Crippen molar-refractivity contribution in [1.29, 1.82) is 0 Å². The third-order valence-corrected chi connectivity index (χ3v) is 2.77. The minimum Gasteiger partial charge on any atom is -0.492 e. The second kappa shape index (κ2) is 9.25. The van der Waals surface area contributed by atoms with Gasteiger partial charge in [-0.3, -0.25) is 0 Å². The topological polar surface area (TPSA) is 112 Å². The van der Waals surface area contributed by atoms with E-state index in [-0.39, 0.29) is 19.0 Å². The van der Waals surface area contributed by atoms with Gasteiger partial charge in [0.05, 0.1) is 6.54 Å². The van der Waals surface area contributed by atoms with Crippen LogP contribution < -0.4 is 15.8 Å². The molecule has 0 radical (unpaired) electrons. The Balaban J connectivity index is 2.56. The Morgan fingerprint density at radius 1 is 1.07 bits per heavy atom. The largest absolute Gasteiger partial charge is 0.492 e. The molecule has 8 nitrogen and oxygen atoms in total. The number of nitrogens with zero attached hydrogens (tertiary/aromatic N) is 1. The fourth-order valence-corrected chi connectivity index (χ4v) is 1.83. The molecule has 1 rings (SSSR count). The first-order valence-electron chi connectivity index (χ1n) is 8.63. The maximum atomic E-state index is 11.7. The molecule has 1 aromatic rings. The molecule has 0 heterocycles. The number of alkyl carbamates (subject to hydrolysis) is 1. The Morgan fingerprint density at radius 2 is 1.70 bits per heavy atom. The maximum absolute atomic E-state index is 11.7. The number of rotatable bonds is 5. The summed E-state index contributed by atoms with van der Waals surface area (Å²) in [7, 11) is 0. The summed E-state index contributed by atoms with van der Waals surface area (Å²) in [6.07, 6.45) is -1.26. The van der Waals surface area contributed by atoms with Crippen LogP contribution in [0.3, 0.4) is 0 Å². The smallest absolute Gasteiger partial charge is 0.436 e. The second-order valence-corrected chi connectivity index (χ2v) is 7.78. The van der Waals surface area contributed by atoms with E-state index in [1.807, 2.05) is 0 Å². The van der Waals surface area contributed by atoms with Crippen LogP contribution in [0.5, 0.6) is 5.75 Å². The molecule has 27 heavy (non-hydrogen) atoms. The Morgan fingerprint density at radius 3 is 2.30 bits per heavy atom. The Kier molecular flexibility index (Phi) is 7.63. The number of nitrogens with one attached hydrogen (secondary N) is 1. The van der Waals surface area contributed by atoms with Crippen molar-refractivity contribution in [3.63, 3.8) is 0 Å². The average Bonchev–Trinajstić information content (AvgIpc) is 2.48. The highest BCUT2D eigenvalue weighted by molar-refractivity contribution is 6.03. The summed E-state index contributed by atoms with van der Waals surface area (Å²) >= 11 is 0. The molecule has 0 unspecified atom stereocenters. The predicted molar refractivity (Wildman–Crippen MR) is 103 cm³/mol. The lowest BCUT2D eigenvalue weighted by Gasteiger charge is -2.19. The lowest BCUT2D eigenvalue weighted by molar-refractivity contribution is 0.0519. The summed E-state index contributed by atoms with van der Waals surface area (Å²) in [6, 6.07) is 6.81. The third-order valence-electron chi connectivity index (χ3n) is 2.77. The molecule has 0 aliphatic carbocycles.